The third-order valence-corrected chi connectivity index (χ3v) is 12.1. The van der Waals surface area contributed by atoms with Crippen LogP contribution < -0.4 is 5.32 Å². The number of carbonyl (C=O) groups is 3. The molecule has 1 aromatic heterocycles. The minimum atomic E-state index is -2.02. The van der Waals surface area contributed by atoms with Crippen LogP contribution in [0.3, 0.4) is 0 Å². The number of para-hydroxylation sites is 1. The third kappa shape index (κ3) is 11.2. The molecule has 2 aliphatic heterocycles. The fraction of sp³-hybridized carbons (Fsp3) is 0.682. The summed E-state index contributed by atoms with van der Waals surface area (Å²) in [5.74, 6) is -4.96. The summed E-state index contributed by atoms with van der Waals surface area (Å²) in [7, 11) is 5.24. The standard InChI is InChI=1S/C44H67N3O11/c1-12-34-44(8,53)38(50)29(6)40(51)46-25(2)23-43(7,54-11)39(58-42-36(49)33(47(9)10)21-26(3)55-42)27(4)37(28(5)41(52)56-34)57-35(48)20-16-13-17-30-22-31-18-14-15-19-32(31)45-24-30/h13-16,18-19,22,24-29,33-34,36-39,42,49-50,53H,12,17,20-21,23H2,1-11H3,(H,46,51)/b16-13+/t25-,26-,27+,28-,29-,33+,34-,36-,37+,38-,39-,42+,43-,44-/m1/s1. The maximum atomic E-state index is 14.2. The number of benzene rings is 1. The number of esters is 2. The van der Waals surface area contributed by atoms with Crippen molar-refractivity contribution in [3.8, 4) is 0 Å². The Balaban J connectivity index is 1.73. The zero-order chi connectivity index (χ0) is 43.1. The highest BCUT2D eigenvalue weighted by molar-refractivity contribution is 5.80. The highest BCUT2D eigenvalue weighted by atomic mass is 16.7. The summed E-state index contributed by atoms with van der Waals surface area (Å²) in [5, 5.41) is 38.5. The van der Waals surface area contributed by atoms with E-state index in [1.54, 1.807) is 46.9 Å². The Hall–Kier alpha value is -3.50. The van der Waals surface area contributed by atoms with Crippen molar-refractivity contribution in [2.24, 2.45) is 17.8 Å². The van der Waals surface area contributed by atoms with Gasteiger partial charge in [-0.2, -0.15) is 0 Å². The van der Waals surface area contributed by atoms with Gasteiger partial charge in [0.2, 0.25) is 5.91 Å². The maximum absolute atomic E-state index is 14.2. The minimum Gasteiger partial charge on any atom is -0.461 e. The summed E-state index contributed by atoms with van der Waals surface area (Å²) in [6.07, 6.45) is -0.895. The van der Waals surface area contributed by atoms with Gasteiger partial charge in [0.15, 0.2) is 6.29 Å². The van der Waals surface area contributed by atoms with Gasteiger partial charge in [-0.3, -0.25) is 19.4 Å². The van der Waals surface area contributed by atoms with E-state index in [1.807, 2.05) is 62.3 Å². The van der Waals surface area contributed by atoms with Crippen LogP contribution >= 0.6 is 0 Å². The average molecular weight is 814 g/mol. The lowest BCUT2D eigenvalue weighted by molar-refractivity contribution is -0.301. The minimum absolute atomic E-state index is 0.106. The van der Waals surface area contributed by atoms with Crippen LogP contribution in [-0.4, -0.2) is 130 Å². The third-order valence-electron chi connectivity index (χ3n) is 12.1. The summed E-state index contributed by atoms with van der Waals surface area (Å²) < 4.78 is 31.3. The van der Waals surface area contributed by atoms with Crippen LogP contribution in [-0.2, 0) is 44.5 Å². The van der Waals surface area contributed by atoms with Crippen molar-refractivity contribution in [1.82, 2.24) is 15.2 Å². The van der Waals surface area contributed by atoms with Crippen LogP contribution in [0.5, 0.6) is 0 Å². The summed E-state index contributed by atoms with van der Waals surface area (Å²) in [5.41, 5.74) is -1.40. The van der Waals surface area contributed by atoms with Gasteiger partial charge in [-0.15, -0.1) is 0 Å². The predicted octanol–water partition coefficient (Wildman–Crippen LogP) is 4.10. The highest BCUT2D eigenvalue weighted by Crippen LogP contribution is 2.38. The fourth-order valence-electron chi connectivity index (χ4n) is 8.47. The topological polar surface area (TPSA) is 186 Å². The molecular weight excluding hydrogens is 746 g/mol. The van der Waals surface area contributed by atoms with Gasteiger partial charge in [-0.05, 0) is 92.1 Å². The number of pyridine rings is 1. The molecule has 14 nitrogen and oxygen atoms in total. The van der Waals surface area contributed by atoms with Crippen LogP contribution in [0.2, 0.25) is 0 Å². The van der Waals surface area contributed by atoms with Gasteiger partial charge >= 0.3 is 11.9 Å². The molecule has 4 rings (SSSR count). The number of ether oxygens (including phenoxy) is 5. The van der Waals surface area contributed by atoms with E-state index in [2.05, 4.69) is 10.3 Å². The van der Waals surface area contributed by atoms with E-state index in [4.69, 9.17) is 23.7 Å². The molecule has 14 heteroatoms. The number of carbonyl (C=O) groups excluding carboxylic acids is 3. The van der Waals surface area contributed by atoms with Crippen LogP contribution in [0, 0.1) is 17.8 Å². The normalized spacial score (nSPS) is 37.2. The number of amides is 1. The zero-order valence-electron chi connectivity index (χ0n) is 36.1. The molecule has 0 spiro atoms. The lowest BCUT2D eigenvalue weighted by Crippen LogP contribution is -2.60. The van der Waals surface area contributed by atoms with E-state index in [-0.39, 0.29) is 31.4 Å². The Labute approximate surface area is 343 Å². The number of fused-ring (bicyclic) bond motifs is 1. The first-order valence-electron chi connectivity index (χ1n) is 20.5. The molecule has 2 saturated heterocycles. The van der Waals surface area contributed by atoms with E-state index in [9.17, 15) is 29.7 Å². The first kappa shape index (κ1) is 47.2. The molecule has 1 amide bonds. The van der Waals surface area contributed by atoms with Crippen molar-refractivity contribution in [3.63, 3.8) is 0 Å². The van der Waals surface area contributed by atoms with Crippen molar-refractivity contribution in [2.45, 2.75) is 154 Å². The molecule has 2 aliphatic rings. The molecule has 58 heavy (non-hydrogen) atoms. The molecule has 2 aromatic rings. The largest absolute Gasteiger partial charge is 0.461 e. The van der Waals surface area contributed by atoms with Crippen molar-refractivity contribution >= 4 is 28.7 Å². The molecule has 1 aromatic carbocycles. The number of nitrogens with one attached hydrogen (secondary N) is 1. The van der Waals surface area contributed by atoms with Crippen LogP contribution in [0.25, 0.3) is 10.9 Å². The fourth-order valence-corrected chi connectivity index (χ4v) is 8.47. The van der Waals surface area contributed by atoms with Gasteiger partial charge in [0, 0.05) is 36.7 Å². The Kier molecular flexibility index (Phi) is 16.4. The summed E-state index contributed by atoms with van der Waals surface area (Å²) in [6.45, 7) is 13.3. The van der Waals surface area contributed by atoms with Crippen LogP contribution in [0.15, 0.2) is 48.7 Å². The van der Waals surface area contributed by atoms with E-state index in [0.29, 0.717) is 12.8 Å². The summed E-state index contributed by atoms with van der Waals surface area (Å²) >= 11 is 0. The number of hydrogen-bond donors (Lipinski definition) is 4. The maximum Gasteiger partial charge on any atom is 0.312 e. The van der Waals surface area contributed by atoms with Crippen molar-refractivity contribution in [1.29, 1.82) is 0 Å². The number of aromatic nitrogens is 1. The lowest BCUT2D eigenvalue weighted by atomic mass is 9.78. The first-order valence-corrected chi connectivity index (χ1v) is 20.5. The van der Waals surface area contributed by atoms with Gasteiger partial charge in [0.25, 0.3) is 0 Å². The van der Waals surface area contributed by atoms with Gasteiger partial charge in [0.05, 0.1) is 47.7 Å². The molecule has 2 fully saturated rings. The quantitative estimate of drug-likeness (QED) is 0.199. The Morgan fingerprint density at radius 2 is 1.76 bits per heavy atom. The van der Waals surface area contributed by atoms with Crippen molar-refractivity contribution in [3.05, 3.63) is 54.2 Å². The van der Waals surface area contributed by atoms with Gasteiger partial charge in [-0.25, -0.2) is 0 Å². The molecule has 0 unspecified atom stereocenters. The number of likely N-dealkylation sites (N-methyl/N-ethyl adjacent to an activating group) is 1. The molecule has 14 atom stereocenters. The molecule has 3 heterocycles. The molecule has 4 N–H and O–H groups in total. The number of allylic oxidation sites excluding steroid dienone is 1. The van der Waals surface area contributed by atoms with E-state index >= 15 is 0 Å². The molecule has 0 bridgehead atoms. The molecule has 0 radical (unpaired) electrons. The van der Waals surface area contributed by atoms with E-state index in [0.717, 1.165) is 16.5 Å². The molecule has 0 saturated carbocycles. The van der Waals surface area contributed by atoms with Crippen molar-refractivity contribution < 1.29 is 53.4 Å². The highest BCUT2D eigenvalue weighted by Gasteiger charge is 2.52. The predicted molar refractivity (Wildman–Crippen MR) is 218 cm³/mol. The summed E-state index contributed by atoms with van der Waals surface area (Å²) in [4.78, 5) is 47.9. The molecular formula is C44H67N3O11. The smallest absolute Gasteiger partial charge is 0.312 e. The molecule has 324 valence electrons. The SMILES string of the molecule is CC[C@H]1OC(=O)[C@H](C)[C@@H](OC(=O)C/C=C/Cc2cnc3ccccc3c2)[C@H](C)[C@@H](O[C@@H]2O[C@H](C)C[C@H](N(C)C)[C@H]2O)[C@](C)(OC)C[C@@H](C)NC(=O)[C@H](C)[C@@H](O)[C@]1(C)O. The van der Waals surface area contributed by atoms with Gasteiger partial charge < -0.3 is 49.2 Å². The average Bonchev–Trinajstić information content (AvgIpc) is 3.18. The number of hydrogen-bond acceptors (Lipinski definition) is 13. The van der Waals surface area contributed by atoms with Gasteiger partial charge in [0.1, 0.15) is 23.9 Å². The monoisotopic (exact) mass is 813 g/mol. The van der Waals surface area contributed by atoms with E-state index in [1.165, 1.54) is 21.0 Å². The number of methoxy groups -OCH3 is 1. The number of aliphatic hydroxyl groups is 3. The zero-order valence-corrected chi connectivity index (χ0v) is 36.1. The number of aliphatic hydroxyl groups excluding tert-OH is 2. The Morgan fingerprint density at radius 3 is 2.41 bits per heavy atom. The van der Waals surface area contributed by atoms with Crippen LogP contribution in [0.1, 0.15) is 86.6 Å². The second-order valence-corrected chi connectivity index (χ2v) is 17.1. The second-order valence-electron chi connectivity index (χ2n) is 17.1. The molecule has 0 aliphatic carbocycles. The van der Waals surface area contributed by atoms with Gasteiger partial charge in [-0.1, -0.05) is 51.1 Å². The number of cyclic esters (lactones) is 1. The summed E-state index contributed by atoms with van der Waals surface area (Å²) in [6, 6.07) is 9.00. The Morgan fingerprint density at radius 1 is 1.07 bits per heavy atom. The van der Waals surface area contributed by atoms with Crippen LogP contribution in [0.4, 0.5) is 0 Å². The Bertz CT molecular complexity index is 1720. The second kappa shape index (κ2) is 20.2. The first-order chi connectivity index (χ1) is 27.2. The van der Waals surface area contributed by atoms with Crippen molar-refractivity contribution in [2.75, 3.05) is 21.2 Å². The number of nitrogens with zero attached hydrogens (tertiary/aromatic N) is 2. The van der Waals surface area contributed by atoms with E-state index < -0.39 is 89.7 Å². The number of rotatable bonds is 10. The lowest BCUT2D eigenvalue weighted by Gasteiger charge is -2.48.